The van der Waals surface area contributed by atoms with Crippen LogP contribution in [0.25, 0.3) is 10.4 Å². The molecule has 21 heavy (non-hydrogen) atoms. The first-order valence-electron chi connectivity index (χ1n) is 7.40. The molecule has 1 fully saturated rings. The second-order valence-electron chi connectivity index (χ2n) is 7.05. The SMILES string of the molecule is CC1(C)C(NCc2ccc(F)c(-c3cccs3)c2)C1(C)C. The highest BCUT2D eigenvalue weighted by Crippen LogP contribution is 2.62. The molecular weight excluding hydrogens is 281 g/mol. The first-order chi connectivity index (χ1) is 9.84. The van der Waals surface area contributed by atoms with Crippen LogP contribution in [0.2, 0.25) is 0 Å². The van der Waals surface area contributed by atoms with Crippen molar-refractivity contribution in [2.24, 2.45) is 10.8 Å². The van der Waals surface area contributed by atoms with Gasteiger partial charge in [-0.2, -0.15) is 0 Å². The van der Waals surface area contributed by atoms with Gasteiger partial charge in [-0.1, -0.05) is 39.8 Å². The fraction of sp³-hybridized carbons (Fsp3) is 0.444. The lowest BCUT2D eigenvalue weighted by Gasteiger charge is -2.09. The molecule has 112 valence electrons. The summed E-state index contributed by atoms with van der Waals surface area (Å²) in [6, 6.07) is 9.86. The zero-order valence-electron chi connectivity index (χ0n) is 13.0. The Morgan fingerprint density at radius 2 is 1.86 bits per heavy atom. The number of nitrogens with one attached hydrogen (secondary N) is 1. The van der Waals surface area contributed by atoms with E-state index in [-0.39, 0.29) is 5.82 Å². The van der Waals surface area contributed by atoms with Crippen LogP contribution < -0.4 is 5.32 Å². The summed E-state index contributed by atoms with van der Waals surface area (Å²) in [6.07, 6.45) is 0. The molecule has 0 amide bonds. The predicted molar refractivity (Wildman–Crippen MR) is 87.9 cm³/mol. The first-order valence-corrected chi connectivity index (χ1v) is 8.27. The molecule has 1 nitrogen and oxygen atoms in total. The molecular formula is C18H22FNS. The van der Waals surface area contributed by atoms with Crippen LogP contribution in [0.15, 0.2) is 35.7 Å². The van der Waals surface area contributed by atoms with Gasteiger partial charge in [0.15, 0.2) is 0 Å². The van der Waals surface area contributed by atoms with E-state index >= 15 is 0 Å². The van der Waals surface area contributed by atoms with Gasteiger partial charge in [0, 0.05) is 23.0 Å². The van der Waals surface area contributed by atoms with E-state index in [9.17, 15) is 4.39 Å². The van der Waals surface area contributed by atoms with E-state index in [0.29, 0.717) is 22.4 Å². The van der Waals surface area contributed by atoms with Gasteiger partial charge in [-0.05, 0) is 40.0 Å². The second-order valence-corrected chi connectivity index (χ2v) is 8.00. The van der Waals surface area contributed by atoms with Crippen LogP contribution in [0.5, 0.6) is 0 Å². The third-order valence-electron chi connectivity index (χ3n) is 5.35. The lowest BCUT2D eigenvalue weighted by atomic mass is 10.0. The molecule has 0 saturated heterocycles. The highest BCUT2D eigenvalue weighted by molar-refractivity contribution is 7.13. The summed E-state index contributed by atoms with van der Waals surface area (Å²) in [5.41, 5.74) is 2.49. The van der Waals surface area contributed by atoms with Crippen molar-refractivity contribution < 1.29 is 4.39 Å². The molecule has 0 radical (unpaired) electrons. The molecule has 1 aromatic carbocycles. The van der Waals surface area contributed by atoms with Crippen molar-refractivity contribution in [3.8, 4) is 10.4 Å². The van der Waals surface area contributed by atoms with Crippen LogP contribution in [-0.2, 0) is 6.54 Å². The van der Waals surface area contributed by atoms with Gasteiger partial charge in [0.2, 0.25) is 0 Å². The monoisotopic (exact) mass is 303 g/mol. The molecule has 1 N–H and O–H groups in total. The van der Waals surface area contributed by atoms with E-state index in [1.165, 1.54) is 0 Å². The Labute approximate surface area is 130 Å². The van der Waals surface area contributed by atoms with Gasteiger partial charge in [-0.15, -0.1) is 11.3 Å². The minimum absolute atomic E-state index is 0.145. The van der Waals surface area contributed by atoms with Crippen LogP contribution in [-0.4, -0.2) is 6.04 Å². The summed E-state index contributed by atoms with van der Waals surface area (Å²) in [7, 11) is 0. The average molecular weight is 303 g/mol. The molecule has 1 aromatic heterocycles. The number of halogens is 1. The van der Waals surface area contributed by atoms with Gasteiger partial charge in [-0.25, -0.2) is 4.39 Å². The largest absolute Gasteiger partial charge is 0.309 e. The van der Waals surface area contributed by atoms with Crippen LogP contribution in [0, 0.1) is 16.6 Å². The molecule has 0 bridgehead atoms. The Morgan fingerprint density at radius 1 is 1.14 bits per heavy atom. The molecule has 3 rings (SSSR count). The smallest absolute Gasteiger partial charge is 0.131 e. The molecule has 0 unspecified atom stereocenters. The fourth-order valence-corrected chi connectivity index (χ4v) is 3.97. The summed E-state index contributed by atoms with van der Waals surface area (Å²) in [5, 5.41) is 5.61. The predicted octanol–water partition coefficient (Wildman–Crippen LogP) is 5.08. The van der Waals surface area contributed by atoms with Crippen molar-refractivity contribution in [2.45, 2.75) is 40.3 Å². The lowest BCUT2D eigenvalue weighted by Crippen LogP contribution is -2.21. The maximum atomic E-state index is 14.0. The zero-order valence-corrected chi connectivity index (χ0v) is 13.9. The van der Waals surface area contributed by atoms with Gasteiger partial charge in [0.1, 0.15) is 5.82 Å². The maximum Gasteiger partial charge on any atom is 0.131 e. The summed E-state index contributed by atoms with van der Waals surface area (Å²) >= 11 is 1.57. The number of rotatable bonds is 4. The Morgan fingerprint density at radius 3 is 2.43 bits per heavy atom. The quantitative estimate of drug-likeness (QED) is 0.830. The van der Waals surface area contributed by atoms with Crippen molar-refractivity contribution >= 4 is 11.3 Å². The van der Waals surface area contributed by atoms with Gasteiger partial charge < -0.3 is 5.32 Å². The van der Waals surface area contributed by atoms with Gasteiger partial charge in [-0.3, -0.25) is 0 Å². The topological polar surface area (TPSA) is 12.0 Å². The third-order valence-corrected chi connectivity index (χ3v) is 6.25. The fourth-order valence-electron chi connectivity index (χ4n) is 3.23. The Balaban J connectivity index is 1.75. The van der Waals surface area contributed by atoms with Crippen molar-refractivity contribution in [1.29, 1.82) is 0 Å². The number of benzene rings is 1. The van der Waals surface area contributed by atoms with E-state index in [1.807, 2.05) is 29.6 Å². The van der Waals surface area contributed by atoms with E-state index in [2.05, 4.69) is 33.0 Å². The molecule has 3 heteroatoms. The molecule has 0 aliphatic heterocycles. The maximum absolute atomic E-state index is 14.0. The van der Waals surface area contributed by atoms with Crippen LogP contribution >= 0.6 is 11.3 Å². The normalized spacial score (nSPS) is 19.7. The average Bonchev–Trinajstić information content (AvgIpc) is 2.82. The summed E-state index contributed by atoms with van der Waals surface area (Å²) < 4.78 is 14.0. The molecule has 1 aliphatic carbocycles. The van der Waals surface area contributed by atoms with Gasteiger partial charge >= 0.3 is 0 Å². The van der Waals surface area contributed by atoms with Crippen molar-refractivity contribution in [3.05, 3.63) is 47.1 Å². The number of hydrogen-bond donors (Lipinski definition) is 1. The third kappa shape index (κ3) is 2.43. The summed E-state index contributed by atoms with van der Waals surface area (Å²) in [4.78, 5) is 0.987. The Kier molecular flexibility index (Phi) is 3.45. The highest BCUT2D eigenvalue weighted by Gasteiger charge is 2.64. The van der Waals surface area contributed by atoms with Crippen LogP contribution in [0.4, 0.5) is 4.39 Å². The van der Waals surface area contributed by atoms with Gasteiger partial charge in [0.05, 0.1) is 0 Å². The molecule has 1 saturated carbocycles. The minimum atomic E-state index is -0.145. The van der Waals surface area contributed by atoms with Crippen molar-refractivity contribution in [2.75, 3.05) is 0 Å². The first kappa shape index (κ1) is 14.7. The van der Waals surface area contributed by atoms with Crippen molar-refractivity contribution in [3.63, 3.8) is 0 Å². The number of hydrogen-bond acceptors (Lipinski definition) is 2. The van der Waals surface area contributed by atoms with E-state index < -0.39 is 0 Å². The Hall–Kier alpha value is -1.19. The number of thiophene rings is 1. The highest BCUT2D eigenvalue weighted by atomic mass is 32.1. The van der Waals surface area contributed by atoms with Crippen molar-refractivity contribution in [1.82, 2.24) is 5.32 Å². The van der Waals surface area contributed by atoms with E-state index in [4.69, 9.17) is 0 Å². The second kappa shape index (κ2) is 4.92. The molecule has 1 aliphatic rings. The van der Waals surface area contributed by atoms with E-state index in [1.54, 1.807) is 17.4 Å². The lowest BCUT2D eigenvalue weighted by molar-refractivity contribution is 0.457. The standard InChI is InChI=1S/C18H22FNS/c1-17(2)16(18(17,3)4)20-11-12-7-8-14(19)13(10-12)15-6-5-9-21-15/h5-10,16,20H,11H2,1-4H3. The Bertz CT molecular complexity index is 629. The zero-order chi connectivity index (χ0) is 15.3. The molecule has 0 atom stereocenters. The summed E-state index contributed by atoms with van der Waals surface area (Å²) in [5.74, 6) is -0.145. The molecule has 0 spiro atoms. The summed E-state index contributed by atoms with van der Waals surface area (Å²) in [6.45, 7) is 9.98. The molecule has 2 aromatic rings. The van der Waals surface area contributed by atoms with E-state index in [0.717, 1.165) is 17.0 Å². The van der Waals surface area contributed by atoms with Gasteiger partial charge in [0.25, 0.3) is 0 Å². The van der Waals surface area contributed by atoms with Crippen LogP contribution in [0.3, 0.4) is 0 Å². The van der Waals surface area contributed by atoms with Crippen LogP contribution in [0.1, 0.15) is 33.3 Å². The minimum Gasteiger partial charge on any atom is -0.309 e. The molecule has 1 heterocycles.